The van der Waals surface area contributed by atoms with Gasteiger partial charge in [-0.2, -0.15) is 0 Å². The number of rotatable bonds is 5. The first-order valence-corrected chi connectivity index (χ1v) is 8.73. The SMILES string of the molecule is [CH2]CCN(C)C(=O)c1ccc(OC(C)(C)C)cc1-c1cccc(Cl)c1. The Balaban J connectivity index is 2.53. The van der Waals surface area contributed by atoms with Gasteiger partial charge in [-0.1, -0.05) is 30.7 Å². The van der Waals surface area contributed by atoms with Crippen molar-refractivity contribution in [1.29, 1.82) is 0 Å². The Hall–Kier alpha value is -2.00. The van der Waals surface area contributed by atoms with Gasteiger partial charge in [-0.05, 0) is 68.7 Å². The molecule has 0 saturated heterocycles. The molecule has 0 fully saturated rings. The standard InChI is InChI=1S/C21H25ClNO2/c1-6-12-23(5)20(24)18-11-10-17(25-21(2,3)4)14-19(18)15-8-7-9-16(22)13-15/h7-11,13-14H,1,6,12H2,2-5H3. The van der Waals surface area contributed by atoms with Gasteiger partial charge in [0.1, 0.15) is 11.4 Å². The van der Waals surface area contributed by atoms with E-state index in [2.05, 4.69) is 6.92 Å². The zero-order valence-corrected chi connectivity index (χ0v) is 16.1. The van der Waals surface area contributed by atoms with Crippen LogP contribution in [-0.4, -0.2) is 30.0 Å². The summed E-state index contributed by atoms with van der Waals surface area (Å²) in [5.41, 5.74) is 2.00. The zero-order valence-electron chi connectivity index (χ0n) is 15.3. The van der Waals surface area contributed by atoms with E-state index in [1.165, 1.54) is 0 Å². The monoisotopic (exact) mass is 358 g/mol. The Morgan fingerprint density at radius 2 is 1.92 bits per heavy atom. The molecule has 0 saturated carbocycles. The van der Waals surface area contributed by atoms with E-state index < -0.39 is 0 Å². The lowest BCUT2D eigenvalue weighted by molar-refractivity contribution is 0.0798. The largest absolute Gasteiger partial charge is 0.488 e. The number of carbonyl (C=O) groups is 1. The Labute approximate surface area is 155 Å². The molecule has 0 aliphatic heterocycles. The minimum atomic E-state index is -0.318. The van der Waals surface area contributed by atoms with Crippen molar-refractivity contribution in [2.45, 2.75) is 32.8 Å². The van der Waals surface area contributed by atoms with Crippen molar-refractivity contribution in [1.82, 2.24) is 4.90 Å². The van der Waals surface area contributed by atoms with E-state index in [4.69, 9.17) is 16.3 Å². The van der Waals surface area contributed by atoms with Crippen molar-refractivity contribution >= 4 is 17.5 Å². The van der Waals surface area contributed by atoms with Crippen molar-refractivity contribution < 1.29 is 9.53 Å². The number of hydrogen-bond acceptors (Lipinski definition) is 2. The molecule has 25 heavy (non-hydrogen) atoms. The minimum absolute atomic E-state index is 0.0408. The predicted octanol–water partition coefficient (Wildman–Crippen LogP) is 5.48. The fourth-order valence-corrected chi connectivity index (χ4v) is 2.76. The molecular formula is C21H25ClNO2. The number of amides is 1. The summed E-state index contributed by atoms with van der Waals surface area (Å²) in [5, 5.41) is 0.629. The maximum absolute atomic E-state index is 12.8. The number of halogens is 1. The van der Waals surface area contributed by atoms with Gasteiger partial charge < -0.3 is 9.64 Å². The van der Waals surface area contributed by atoms with E-state index in [-0.39, 0.29) is 11.5 Å². The molecular weight excluding hydrogens is 334 g/mol. The molecule has 133 valence electrons. The fraction of sp³-hybridized carbons (Fsp3) is 0.333. The first-order chi connectivity index (χ1) is 11.7. The number of hydrogen-bond donors (Lipinski definition) is 0. The maximum Gasteiger partial charge on any atom is 0.254 e. The van der Waals surface area contributed by atoms with Crippen molar-refractivity contribution in [3.63, 3.8) is 0 Å². The molecule has 1 radical (unpaired) electrons. The first-order valence-electron chi connectivity index (χ1n) is 8.35. The summed E-state index contributed by atoms with van der Waals surface area (Å²) in [4.78, 5) is 14.5. The van der Waals surface area contributed by atoms with Crippen LogP contribution >= 0.6 is 11.6 Å². The van der Waals surface area contributed by atoms with Gasteiger partial charge >= 0.3 is 0 Å². The van der Waals surface area contributed by atoms with Gasteiger partial charge in [0.2, 0.25) is 0 Å². The van der Waals surface area contributed by atoms with Crippen LogP contribution in [0.5, 0.6) is 5.75 Å². The maximum atomic E-state index is 12.8. The summed E-state index contributed by atoms with van der Waals surface area (Å²) in [5.74, 6) is 0.680. The van der Waals surface area contributed by atoms with Gasteiger partial charge in [0.05, 0.1) is 0 Å². The van der Waals surface area contributed by atoms with E-state index in [0.29, 0.717) is 23.6 Å². The predicted molar refractivity (Wildman–Crippen MR) is 104 cm³/mol. The highest BCUT2D eigenvalue weighted by Crippen LogP contribution is 2.32. The molecule has 0 aliphatic rings. The molecule has 0 heterocycles. The van der Waals surface area contributed by atoms with E-state index in [1.54, 1.807) is 11.9 Å². The zero-order chi connectivity index (χ0) is 18.6. The van der Waals surface area contributed by atoms with Crippen LogP contribution in [0.4, 0.5) is 0 Å². The van der Waals surface area contributed by atoms with Crippen LogP contribution in [-0.2, 0) is 0 Å². The molecule has 0 bridgehead atoms. The van der Waals surface area contributed by atoms with Crippen molar-refractivity contribution in [3.8, 4) is 16.9 Å². The highest BCUT2D eigenvalue weighted by atomic mass is 35.5. The van der Waals surface area contributed by atoms with Gasteiger partial charge in [0.25, 0.3) is 5.91 Å². The normalized spacial score (nSPS) is 11.3. The molecule has 0 spiro atoms. The highest BCUT2D eigenvalue weighted by Gasteiger charge is 2.19. The molecule has 0 N–H and O–H groups in total. The van der Waals surface area contributed by atoms with Crippen LogP contribution in [0.2, 0.25) is 5.02 Å². The number of nitrogens with zero attached hydrogens (tertiary/aromatic N) is 1. The number of carbonyl (C=O) groups excluding carboxylic acids is 1. The second kappa shape index (κ2) is 7.92. The third-order valence-electron chi connectivity index (χ3n) is 3.62. The van der Waals surface area contributed by atoms with E-state index in [0.717, 1.165) is 16.9 Å². The van der Waals surface area contributed by atoms with Crippen LogP contribution in [0, 0.1) is 6.92 Å². The first kappa shape index (κ1) is 19.3. The lowest BCUT2D eigenvalue weighted by Crippen LogP contribution is -2.28. The highest BCUT2D eigenvalue weighted by molar-refractivity contribution is 6.30. The van der Waals surface area contributed by atoms with Crippen LogP contribution in [0.15, 0.2) is 42.5 Å². The van der Waals surface area contributed by atoms with E-state index in [9.17, 15) is 4.79 Å². The second-order valence-corrected chi connectivity index (χ2v) is 7.45. The minimum Gasteiger partial charge on any atom is -0.488 e. The summed E-state index contributed by atoms with van der Waals surface area (Å²) < 4.78 is 5.97. The lowest BCUT2D eigenvalue weighted by Gasteiger charge is -2.23. The van der Waals surface area contributed by atoms with Gasteiger partial charge in [0.15, 0.2) is 0 Å². The van der Waals surface area contributed by atoms with Gasteiger partial charge in [-0.25, -0.2) is 0 Å². The third-order valence-corrected chi connectivity index (χ3v) is 3.86. The Kier molecular flexibility index (Phi) is 6.12. The smallest absolute Gasteiger partial charge is 0.254 e. The van der Waals surface area contributed by atoms with Crippen molar-refractivity contribution in [2.75, 3.05) is 13.6 Å². The average molecular weight is 359 g/mol. The summed E-state index contributed by atoms with van der Waals surface area (Å²) >= 11 is 6.15. The molecule has 0 aromatic heterocycles. The summed E-state index contributed by atoms with van der Waals surface area (Å²) in [6.45, 7) is 10.4. The van der Waals surface area contributed by atoms with Crippen LogP contribution in [0.25, 0.3) is 11.1 Å². The lowest BCUT2D eigenvalue weighted by atomic mass is 9.98. The number of benzene rings is 2. The quantitative estimate of drug-likeness (QED) is 0.708. The Bertz CT molecular complexity index is 750. The van der Waals surface area contributed by atoms with Gasteiger partial charge in [0, 0.05) is 24.2 Å². The molecule has 3 nitrogen and oxygen atoms in total. The van der Waals surface area contributed by atoms with E-state index >= 15 is 0 Å². The van der Waals surface area contributed by atoms with E-state index in [1.807, 2.05) is 63.2 Å². The van der Waals surface area contributed by atoms with Crippen LogP contribution < -0.4 is 4.74 Å². The molecule has 0 unspecified atom stereocenters. The molecule has 0 atom stereocenters. The number of ether oxygens (including phenoxy) is 1. The van der Waals surface area contributed by atoms with Crippen LogP contribution in [0.3, 0.4) is 0 Å². The topological polar surface area (TPSA) is 29.5 Å². The molecule has 0 aliphatic carbocycles. The molecule has 2 aromatic carbocycles. The molecule has 2 aromatic rings. The summed E-state index contributed by atoms with van der Waals surface area (Å²) in [6.07, 6.45) is 0.667. The van der Waals surface area contributed by atoms with Crippen LogP contribution in [0.1, 0.15) is 37.6 Å². The fourth-order valence-electron chi connectivity index (χ4n) is 2.57. The third kappa shape index (κ3) is 5.23. The Morgan fingerprint density at radius 1 is 1.20 bits per heavy atom. The van der Waals surface area contributed by atoms with Crippen molar-refractivity contribution in [3.05, 3.63) is 60.0 Å². The summed E-state index contributed by atoms with van der Waals surface area (Å²) in [7, 11) is 1.79. The van der Waals surface area contributed by atoms with Gasteiger partial charge in [-0.15, -0.1) is 0 Å². The molecule has 1 amide bonds. The molecule has 4 heteroatoms. The Morgan fingerprint density at radius 3 is 2.52 bits per heavy atom. The van der Waals surface area contributed by atoms with Crippen molar-refractivity contribution in [2.24, 2.45) is 0 Å². The molecule has 2 rings (SSSR count). The van der Waals surface area contributed by atoms with Gasteiger partial charge in [-0.3, -0.25) is 4.79 Å². The second-order valence-electron chi connectivity index (χ2n) is 7.01. The summed E-state index contributed by atoms with van der Waals surface area (Å²) in [6, 6.07) is 13.1. The average Bonchev–Trinajstić information content (AvgIpc) is 2.53.